The van der Waals surface area contributed by atoms with Gasteiger partial charge in [0.1, 0.15) is 11.8 Å². The highest BCUT2D eigenvalue weighted by Gasteiger charge is 2.27. The van der Waals surface area contributed by atoms with E-state index in [9.17, 15) is 9.59 Å². The first-order valence-electron chi connectivity index (χ1n) is 10.9. The molecule has 0 saturated carbocycles. The largest absolute Gasteiger partial charge is 0.484 e. The van der Waals surface area contributed by atoms with Crippen molar-refractivity contribution >= 4 is 11.8 Å². The van der Waals surface area contributed by atoms with Gasteiger partial charge in [-0.25, -0.2) is 0 Å². The molecule has 0 aliphatic carbocycles. The summed E-state index contributed by atoms with van der Waals surface area (Å²) in [5.41, 5.74) is 3.34. The fourth-order valence-electron chi connectivity index (χ4n) is 3.24. The Hall–Kier alpha value is -2.82. The van der Waals surface area contributed by atoms with Crippen molar-refractivity contribution in [3.63, 3.8) is 0 Å². The molecule has 2 aromatic carbocycles. The molecule has 0 heterocycles. The number of amides is 2. The normalized spacial score (nSPS) is 12.4. The zero-order valence-corrected chi connectivity index (χ0v) is 19.9. The molecule has 0 bridgehead atoms. The summed E-state index contributed by atoms with van der Waals surface area (Å²) >= 11 is 0. The molecule has 0 spiro atoms. The molecule has 5 nitrogen and oxygen atoms in total. The number of carbonyl (C=O) groups excluding carboxylic acids is 2. The number of carbonyl (C=O) groups is 2. The second kappa shape index (κ2) is 10.5. The Morgan fingerprint density at radius 2 is 1.61 bits per heavy atom. The van der Waals surface area contributed by atoms with Crippen molar-refractivity contribution in [2.24, 2.45) is 0 Å². The minimum Gasteiger partial charge on any atom is -0.484 e. The van der Waals surface area contributed by atoms with Gasteiger partial charge < -0.3 is 15.0 Å². The first-order chi connectivity index (χ1) is 14.5. The van der Waals surface area contributed by atoms with Crippen molar-refractivity contribution in [1.29, 1.82) is 0 Å². The summed E-state index contributed by atoms with van der Waals surface area (Å²) in [7, 11) is 0. The summed E-state index contributed by atoms with van der Waals surface area (Å²) in [4.78, 5) is 27.3. The lowest BCUT2D eigenvalue weighted by Gasteiger charge is -2.29. The topological polar surface area (TPSA) is 58.6 Å². The number of rotatable bonds is 8. The molecule has 0 aliphatic heterocycles. The lowest BCUT2D eigenvalue weighted by Crippen LogP contribution is -2.50. The fourth-order valence-corrected chi connectivity index (χ4v) is 3.24. The summed E-state index contributed by atoms with van der Waals surface area (Å²) in [6.45, 7) is 14.3. The van der Waals surface area contributed by atoms with E-state index in [4.69, 9.17) is 4.74 Å². The van der Waals surface area contributed by atoms with Crippen molar-refractivity contribution in [1.82, 2.24) is 10.2 Å². The predicted octanol–water partition coefficient (Wildman–Crippen LogP) is 4.61. The molecule has 1 N–H and O–H groups in total. The monoisotopic (exact) mass is 424 g/mol. The van der Waals surface area contributed by atoms with Gasteiger partial charge in [-0.1, -0.05) is 57.2 Å². The van der Waals surface area contributed by atoms with E-state index in [-0.39, 0.29) is 29.9 Å². The summed E-state index contributed by atoms with van der Waals surface area (Å²) in [6, 6.07) is 15.1. The second-order valence-electron chi connectivity index (χ2n) is 9.35. The van der Waals surface area contributed by atoms with Gasteiger partial charge in [-0.15, -0.1) is 0 Å². The number of hydrogen-bond donors (Lipinski definition) is 1. The first-order valence-corrected chi connectivity index (χ1v) is 10.9. The Labute approximate surface area is 186 Å². The Balaban J connectivity index is 2.15. The van der Waals surface area contributed by atoms with Crippen LogP contribution in [0.1, 0.15) is 58.2 Å². The molecule has 0 radical (unpaired) electrons. The number of nitrogens with zero attached hydrogens (tertiary/aromatic N) is 1. The van der Waals surface area contributed by atoms with Crippen LogP contribution in [0.15, 0.2) is 48.5 Å². The SMILES string of the molecule is Cc1ccccc1CN(C(=O)COc1ccc(C(C)(C)C)cc1)[C@H](C)C(=O)NC(C)C. The molecule has 0 unspecified atom stereocenters. The van der Waals surface area contributed by atoms with E-state index in [1.54, 1.807) is 11.8 Å². The molecule has 0 fully saturated rings. The van der Waals surface area contributed by atoms with E-state index < -0.39 is 6.04 Å². The maximum absolute atomic E-state index is 13.1. The first kappa shape index (κ1) is 24.4. The highest BCUT2D eigenvalue weighted by Crippen LogP contribution is 2.24. The second-order valence-corrected chi connectivity index (χ2v) is 9.35. The van der Waals surface area contributed by atoms with Crippen LogP contribution in [0.4, 0.5) is 0 Å². The molecular weight excluding hydrogens is 388 g/mol. The highest BCUT2D eigenvalue weighted by atomic mass is 16.5. The van der Waals surface area contributed by atoms with Crippen LogP contribution in [-0.2, 0) is 21.5 Å². The third-order valence-electron chi connectivity index (χ3n) is 5.28. The summed E-state index contributed by atoms with van der Waals surface area (Å²) < 4.78 is 5.77. The van der Waals surface area contributed by atoms with E-state index in [1.165, 1.54) is 5.56 Å². The molecule has 2 aromatic rings. The summed E-state index contributed by atoms with van der Waals surface area (Å²) in [5.74, 6) is 0.234. The minimum absolute atomic E-state index is 0.00273. The number of aryl methyl sites for hydroxylation is 1. The van der Waals surface area contributed by atoms with Gasteiger partial charge in [0.25, 0.3) is 5.91 Å². The molecule has 5 heteroatoms. The number of benzene rings is 2. The maximum Gasteiger partial charge on any atom is 0.261 e. The summed E-state index contributed by atoms with van der Waals surface area (Å²) in [6.07, 6.45) is 0. The van der Waals surface area contributed by atoms with Gasteiger partial charge >= 0.3 is 0 Å². The van der Waals surface area contributed by atoms with Crippen molar-refractivity contribution in [3.05, 3.63) is 65.2 Å². The molecule has 168 valence electrons. The fraction of sp³-hybridized carbons (Fsp3) is 0.462. The van der Waals surface area contributed by atoms with Gasteiger partial charge in [-0.3, -0.25) is 9.59 Å². The quantitative estimate of drug-likeness (QED) is 0.673. The average Bonchev–Trinajstić information content (AvgIpc) is 2.70. The molecule has 2 rings (SSSR count). The smallest absolute Gasteiger partial charge is 0.261 e. The number of ether oxygens (including phenoxy) is 1. The molecule has 1 atom stereocenters. The van der Waals surface area contributed by atoms with Gasteiger partial charge in [0.05, 0.1) is 0 Å². The molecule has 31 heavy (non-hydrogen) atoms. The van der Waals surface area contributed by atoms with Crippen LogP contribution >= 0.6 is 0 Å². The van der Waals surface area contributed by atoms with E-state index in [1.807, 2.05) is 69.3 Å². The lowest BCUT2D eigenvalue weighted by molar-refractivity contribution is -0.142. The zero-order chi connectivity index (χ0) is 23.2. The van der Waals surface area contributed by atoms with Crippen LogP contribution in [0.5, 0.6) is 5.75 Å². The number of nitrogens with one attached hydrogen (secondary N) is 1. The molecule has 0 aromatic heterocycles. The van der Waals surface area contributed by atoms with Crippen LogP contribution in [0.2, 0.25) is 0 Å². The van der Waals surface area contributed by atoms with Gasteiger partial charge in [0, 0.05) is 12.6 Å². The van der Waals surface area contributed by atoms with Crippen molar-refractivity contribution in [2.75, 3.05) is 6.61 Å². The number of hydrogen-bond acceptors (Lipinski definition) is 3. The Kier molecular flexibility index (Phi) is 8.26. The van der Waals surface area contributed by atoms with Gasteiger partial charge in [0.15, 0.2) is 6.61 Å². The van der Waals surface area contributed by atoms with Crippen LogP contribution in [-0.4, -0.2) is 35.4 Å². The molecule has 2 amide bonds. The molecular formula is C26H36N2O3. The standard InChI is InChI=1S/C26H36N2O3/c1-18(2)27-25(30)20(4)28(16-21-11-9-8-10-19(21)3)24(29)17-31-23-14-12-22(13-15-23)26(5,6)7/h8-15,18,20H,16-17H2,1-7H3,(H,27,30)/t20-/m1/s1. The third kappa shape index (κ3) is 7.12. The predicted molar refractivity (Wildman–Crippen MR) is 125 cm³/mol. The van der Waals surface area contributed by atoms with Crippen molar-refractivity contribution in [2.45, 2.75) is 72.5 Å². The Morgan fingerprint density at radius 3 is 2.16 bits per heavy atom. The molecule has 0 saturated heterocycles. The highest BCUT2D eigenvalue weighted by molar-refractivity contribution is 5.88. The van der Waals surface area contributed by atoms with Crippen LogP contribution in [0, 0.1) is 6.92 Å². The zero-order valence-electron chi connectivity index (χ0n) is 19.9. The van der Waals surface area contributed by atoms with Gasteiger partial charge in [-0.05, 0) is 61.9 Å². The van der Waals surface area contributed by atoms with Crippen molar-refractivity contribution in [3.8, 4) is 5.75 Å². The average molecular weight is 425 g/mol. The van der Waals surface area contributed by atoms with E-state index >= 15 is 0 Å². The third-order valence-corrected chi connectivity index (χ3v) is 5.28. The van der Waals surface area contributed by atoms with Gasteiger partial charge in [-0.2, -0.15) is 0 Å². The molecule has 0 aliphatic rings. The van der Waals surface area contributed by atoms with Crippen LogP contribution < -0.4 is 10.1 Å². The lowest BCUT2D eigenvalue weighted by atomic mass is 9.87. The van der Waals surface area contributed by atoms with Crippen LogP contribution in [0.3, 0.4) is 0 Å². The van der Waals surface area contributed by atoms with E-state index in [0.717, 1.165) is 11.1 Å². The minimum atomic E-state index is -0.610. The Morgan fingerprint density at radius 1 is 1.00 bits per heavy atom. The van der Waals surface area contributed by atoms with Gasteiger partial charge in [0.2, 0.25) is 5.91 Å². The van der Waals surface area contributed by atoms with Crippen molar-refractivity contribution < 1.29 is 14.3 Å². The maximum atomic E-state index is 13.1. The van der Waals surface area contributed by atoms with Crippen LogP contribution in [0.25, 0.3) is 0 Å². The van der Waals surface area contributed by atoms with E-state index in [2.05, 4.69) is 26.1 Å². The van der Waals surface area contributed by atoms with E-state index in [0.29, 0.717) is 12.3 Å². The Bertz CT molecular complexity index is 882. The summed E-state index contributed by atoms with van der Waals surface area (Å²) in [5, 5.41) is 2.90.